The maximum atomic E-state index is 11.9. The molecule has 1 atom stereocenters. The van der Waals surface area contributed by atoms with Gasteiger partial charge in [-0.15, -0.1) is 11.8 Å². The molecule has 0 spiro atoms. The first kappa shape index (κ1) is 17.7. The highest BCUT2D eigenvalue weighted by Crippen LogP contribution is 2.42. The number of anilines is 1. The monoisotopic (exact) mass is 379 g/mol. The number of hydrogen-bond acceptors (Lipinski definition) is 4. The molecule has 3 aromatic rings. The molecule has 6 heteroatoms. The molecule has 27 heavy (non-hydrogen) atoms. The van der Waals surface area contributed by atoms with E-state index in [1.165, 1.54) is 5.56 Å². The summed E-state index contributed by atoms with van der Waals surface area (Å²) < 4.78 is 5.92. The van der Waals surface area contributed by atoms with Crippen LogP contribution in [0.15, 0.2) is 48.5 Å². The van der Waals surface area contributed by atoms with E-state index in [-0.39, 0.29) is 11.2 Å². The predicted octanol–water partition coefficient (Wildman–Crippen LogP) is 4.38. The molecule has 0 fully saturated rings. The number of carbonyl (C=O) groups excluding carboxylic acids is 1. The number of carbonyl (C=O) groups is 1. The Bertz CT molecular complexity index is 966. The predicted molar refractivity (Wildman–Crippen MR) is 108 cm³/mol. The van der Waals surface area contributed by atoms with Gasteiger partial charge >= 0.3 is 0 Å². The van der Waals surface area contributed by atoms with Gasteiger partial charge in [0, 0.05) is 11.3 Å². The van der Waals surface area contributed by atoms with Gasteiger partial charge in [0.25, 0.3) is 0 Å². The van der Waals surface area contributed by atoms with Crippen molar-refractivity contribution in [3.63, 3.8) is 0 Å². The molecule has 0 saturated carbocycles. The number of nitrogens with one attached hydrogen (secondary N) is 2. The lowest BCUT2D eigenvalue weighted by atomic mass is 10.0. The summed E-state index contributed by atoms with van der Waals surface area (Å²) in [4.78, 5) is 11.9. The summed E-state index contributed by atoms with van der Waals surface area (Å²) in [7, 11) is 0. The normalized spacial score (nSPS) is 16.4. The van der Waals surface area contributed by atoms with Crippen molar-refractivity contribution in [3.05, 3.63) is 76.5 Å². The van der Waals surface area contributed by atoms with Crippen LogP contribution in [0, 0.1) is 13.8 Å². The molecule has 0 bridgehead atoms. The van der Waals surface area contributed by atoms with E-state index in [2.05, 4.69) is 52.8 Å². The van der Waals surface area contributed by atoms with Crippen LogP contribution in [0.1, 0.15) is 33.2 Å². The minimum absolute atomic E-state index is 0.0200. The van der Waals surface area contributed by atoms with Crippen LogP contribution < -0.4 is 10.1 Å². The molecule has 138 valence electrons. The fraction of sp³-hybridized carbons (Fsp3) is 0.238. The van der Waals surface area contributed by atoms with Crippen molar-refractivity contribution in [2.75, 3.05) is 11.1 Å². The first-order valence-corrected chi connectivity index (χ1v) is 9.89. The molecule has 2 N–H and O–H groups in total. The van der Waals surface area contributed by atoms with Gasteiger partial charge in [-0.1, -0.05) is 42.0 Å². The van der Waals surface area contributed by atoms with Gasteiger partial charge in [0.05, 0.1) is 11.0 Å². The van der Waals surface area contributed by atoms with E-state index >= 15 is 0 Å². The van der Waals surface area contributed by atoms with Gasteiger partial charge in [0.15, 0.2) is 5.82 Å². The molecule has 0 unspecified atom stereocenters. The minimum Gasteiger partial charge on any atom is -0.489 e. The molecular formula is C21H21N3O2S. The molecule has 1 amide bonds. The Morgan fingerprint density at radius 1 is 1.19 bits per heavy atom. The van der Waals surface area contributed by atoms with Crippen LogP contribution in [0.2, 0.25) is 0 Å². The Kier molecular flexibility index (Phi) is 4.90. The van der Waals surface area contributed by atoms with Gasteiger partial charge in [-0.05, 0) is 37.1 Å². The van der Waals surface area contributed by atoms with Crippen molar-refractivity contribution in [3.8, 4) is 5.75 Å². The topological polar surface area (TPSA) is 67.0 Å². The van der Waals surface area contributed by atoms with Gasteiger partial charge in [0.1, 0.15) is 12.4 Å². The highest BCUT2D eigenvalue weighted by atomic mass is 32.2. The average Bonchev–Trinajstić information content (AvgIpc) is 2.92. The van der Waals surface area contributed by atoms with E-state index in [1.54, 1.807) is 11.8 Å². The van der Waals surface area contributed by atoms with Crippen LogP contribution in [0.3, 0.4) is 0 Å². The van der Waals surface area contributed by atoms with E-state index in [4.69, 9.17) is 4.74 Å². The minimum atomic E-state index is -0.0200. The van der Waals surface area contributed by atoms with Gasteiger partial charge < -0.3 is 10.1 Å². The zero-order chi connectivity index (χ0) is 18.8. The number of aromatic nitrogens is 2. The van der Waals surface area contributed by atoms with Crippen molar-refractivity contribution < 1.29 is 9.53 Å². The van der Waals surface area contributed by atoms with E-state index < -0.39 is 0 Å². The summed E-state index contributed by atoms with van der Waals surface area (Å²) in [5, 5.41) is 10.1. The first-order valence-electron chi connectivity index (χ1n) is 8.85. The number of amides is 1. The molecule has 0 aliphatic carbocycles. The average molecular weight is 379 g/mol. The van der Waals surface area contributed by atoms with Crippen molar-refractivity contribution in [2.24, 2.45) is 0 Å². The zero-order valence-corrected chi connectivity index (χ0v) is 16.1. The molecule has 1 aliphatic rings. The number of H-pyrrole nitrogens is 1. The number of hydrogen-bond donors (Lipinski definition) is 2. The molecule has 5 nitrogen and oxygen atoms in total. The summed E-state index contributed by atoms with van der Waals surface area (Å²) in [5.74, 6) is 1.85. The van der Waals surface area contributed by atoms with Gasteiger partial charge in [-0.3, -0.25) is 9.89 Å². The lowest BCUT2D eigenvalue weighted by Crippen LogP contribution is -2.12. The highest BCUT2D eigenvalue weighted by Gasteiger charge is 2.28. The van der Waals surface area contributed by atoms with Crippen LogP contribution in [0.25, 0.3) is 0 Å². The molecule has 1 aliphatic heterocycles. The van der Waals surface area contributed by atoms with E-state index in [0.717, 1.165) is 28.1 Å². The highest BCUT2D eigenvalue weighted by molar-refractivity contribution is 8.00. The second-order valence-corrected chi connectivity index (χ2v) is 7.79. The molecule has 0 radical (unpaired) electrons. The lowest BCUT2D eigenvalue weighted by molar-refractivity contribution is -0.113. The van der Waals surface area contributed by atoms with Gasteiger partial charge in [-0.2, -0.15) is 5.10 Å². The van der Waals surface area contributed by atoms with Crippen LogP contribution in [0.5, 0.6) is 5.75 Å². The number of thioether (sulfide) groups is 1. The SMILES string of the molecule is Cc1cccc(COc2ccc([C@H]3SCC(=O)Nc4n[nH]c(C)c43)cc2)c1. The largest absolute Gasteiger partial charge is 0.489 e. The standard InChI is InChI=1S/C21H21N3O2S/c1-13-4-3-5-15(10-13)11-26-17-8-6-16(7-9-17)20-19-14(2)23-24-21(19)22-18(25)12-27-20/h3-10,20H,11-12H2,1-2H3,(H2,22,23,24,25)/t20-/m1/s1. The Morgan fingerprint density at radius 3 is 2.78 bits per heavy atom. The third-order valence-electron chi connectivity index (χ3n) is 4.57. The Morgan fingerprint density at radius 2 is 2.00 bits per heavy atom. The molecule has 4 rings (SSSR count). The molecule has 1 aromatic heterocycles. The van der Waals surface area contributed by atoms with Crippen LogP contribution in [-0.4, -0.2) is 21.9 Å². The Labute approximate surface area is 162 Å². The fourth-order valence-corrected chi connectivity index (χ4v) is 4.43. The van der Waals surface area contributed by atoms with Crippen LogP contribution >= 0.6 is 11.8 Å². The number of nitrogens with zero attached hydrogens (tertiary/aromatic N) is 1. The number of ether oxygens (including phenoxy) is 1. The van der Waals surface area contributed by atoms with Gasteiger partial charge in [0.2, 0.25) is 5.91 Å². The fourth-order valence-electron chi connectivity index (χ4n) is 3.23. The summed E-state index contributed by atoms with van der Waals surface area (Å²) in [5.41, 5.74) is 5.53. The molecule has 2 heterocycles. The summed E-state index contributed by atoms with van der Waals surface area (Å²) in [6.45, 7) is 4.60. The number of rotatable bonds is 4. The maximum absolute atomic E-state index is 11.9. The number of aryl methyl sites for hydroxylation is 2. The third kappa shape index (κ3) is 3.85. The van der Waals surface area contributed by atoms with E-state index in [9.17, 15) is 4.79 Å². The van der Waals surface area contributed by atoms with Crippen molar-refractivity contribution >= 4 is 23.5 Å². The quantitative estimate of drug-likeness (QED) is 0.706. The summed E-state index contributed by atoms with van der Waals surface area (Å²) in [6, 6.07) is 16.4. The van der Waals surface area contributed by atoms with Crippen molar-refractivity contribution in [2.45, 2.75) is 25.7 Å². The van der Waals surface area contributed by atoms with Gasteiger partial charge in [-0.25, -0.2) is 0 Å². The Balaban J connectivity index is 1.52. The maximum Gasteiger partial charge on any atom is 0.235 e. The number of fused-ring (bicyclic) bond motifs is 1. The second-order valence-electron chi connectivity index (χ2n) is 6.70. The summed E-state index contributed by atoms with van der Waals surface area (Å²) in [6.07, 6.45) is 0. The van der Waals surface area contributed by atoms with E-state index in [1.807, 2.05) is 25.1 Å². The lowest BCUT2D eigenvalue weighted by Gasteiger charge is -2.16. The Hall–Kier alpha value is -2.73. The zero-order valence-electron chi connectivity index (χ0n) is 15.3. The molecular weight excluding hydrogens is 358 g/mol. The number of benzene rings is 2. The van der Waals surface area contributed by atoms with Crippen molar-refractivity contribution in [1.82, 2.24) is 10.2 Å². The number of aromatic amines is 1. The smallest absolute Gasteiger partial charge is 0.235 e. The van der Waals surface area contributed by atoms with Crippen LogP contribution in [-0.2, 0) is 11.4 Å². The van der Waals surface area contributed by atoms with Crippen LogP contribution in [0.4, 0.5) is 5.82 Å². The first-order chi connectivity index (χ1) is 13.1. The molecule has 2 aromatic carbocycles. The summed E-state index contributed by atoms with van der Waals surface area (Å²) >= 11 is 1.61. The third-order valence-corrected chi connectivity index (χ3v) is 5.84. The molecule has 0 saturated heterocycles. The second kappa shape index (κ2) is 7.48. The van der Waals surface area contributed by atoms with E-state index in [0.29, 0.717) is 18.2 Å². The van der Waals surface area contributed by atoms with Crippen molar-refractivity contribution in [1.29, 1.82) is 0 Å².